The molecule has 0 aliphatic carbocycles. The standard InChI is InChI=1S/C14H17NS/c1-12(10-14-8-5-9-16-14)15-11-13-6-3-2-4-7-13/h2-9,12,15H,10-11H2,1H3/p+1/t12-/m0/s1. The average molecular weight is 232 g/mol. The van der Waals surface area contributed by atoms with Gasteiger partial charge in [0.1, 0.15) is 6.54 Å². The first-order chi connectivity index (χ1) is 7.84. The van der Waals surface area contributed by atoms with Gasteiger partial charge in [-0.1, -0.05) is 36.4 Å². The molecule has 0 saturated carbocycles. The van der Waals surface area contributed by atoms with Crippen LogP contribution in [0.3, 0.4) is 0 Å². The number of quaternary nitrogens is 1. The fraction of sp³-hybridized carbons (Fsp3) is 0.286. The fourth-order valence-corrected chi connectivity index (χ4v) is 2.63. The van der Waals surface area contributed by atoms with Crippen LogP contribution in [0.25, 0.3) is 0 Å². The molecule has 2 heteroatoms. The summed E-state index contributed by atoms with van der Waals surface area (Å²) in [6.07, 6.45) is 1.17. The molecule has 84 valence electrons. The molecule has 0 radical (unpaired) electrons. The van der Waals surface area contributed by atoms with Crippen molar-refractivity contribution in [1.29, 1.82) is 0 Å². The molecule has 0 bridgehead atoms. The highest BCUT2D eigenvalue weighted by atomic mass is 32.1. The number of benzene rings is 1. The zero-order valence-corrected chi connectivity index (χ0v) is 10.4. The highest BCUT2D eigenvalue weighted by molar-refractivity contribution is 7.09. The number of hydrogen-bond donors (Lipinski definition) is 1. The maximum absolute atomic E-state index is 2.41. The van der Waals surface area contributed by atoms with Gasteiger partial charge in [0, 0.05) is 16.9 Å². The number of rotatable bonds is 5. The van der Waals surface area contributed by atoms with E-state index in [2.05, 4.69) is 60.1 Å². The first-order valence-corrected chi connectivity index (χ1v) is 6.62. The monoisotopic (exact) mass is 232 g/mol. The smallest absolute Gasteiger partial charge is 0.101 e. The topological polar surface area (TPSA) is 16.6 Å². The van der Waals surface area contributed by atoms with Crippen molar-refractivity contribution in [1.82, 2.24) is 0 Å². The van der Waals surface area contributed by atoms with E-state index in [1.807, 2.05) is 11.3 Å². The van der Waals surface area contributed by atoms with Crippen LogP contribution in [0.5, 0.6) is 0 Å². The number of hydrogen-bond acceptors (Lipinski definition) is 1. The van der Waals surface area contributed by atoms with E-state index >= 15 is 0 Å². The van der Waals surface area contributed by atoms with E-state index < -0.39 is 0 Å². The molecule has 0 fully saturated rings. The van der Waals surface area contributed by atoms with E-state index in [4.69, 9.17) is 0 Å². The summed E-state index contributed by atoms with van der Waals surface area (Å²) in [4.78, 5) is 1.48. The van der Waals surface area contributed by atoms with Gasteiger partial charge in [-0.15, -0.1) is 11.3 Å². The average Bonchev–Trinajstić information content (AvgIpc) is 2.81. The SMILES string of the molecule is C[C@@H](Cc1cccs1)[NH2+]Cc1ccccc1. The van der Waals surface area contributed by atoms with Crippen LogP contribution in [0.4, 0.5) is 0 Å². The molecule has 0 saturated heterocycles. The van der Waals surface area contributed by atoms with E-state index in [-0.39, 0.29) is 0 Å². The lowest BCUT2D eigenvalue weighted by molar-refractivity contribution is -0.701. The first kappa shape index (κ1) is 11.4. The first-order valence-electron chi connectivity index (χ1n) is 5.74. The summed E-state index contributed by atoms with van der Waals surface area (Å²) in [7, 11) is 0. The zero-order chi connectivity index (χ0) is 11.2. The summed E-state index contributed by atoms with van der Waals surface area (Å²) in [5.41, 5.74) is 1.40. The summed E-state index contributed by atoms with van der Waals surface area (Å²) < 4.78 is 0. The van der Waals surface area contributed by atoms with Crippen LogP contribution in [0, 0.1) is 0 Å². The normalized spacial score (nSPS) is 12.6. The minimum atomic E-state index is 0.652. The van der Waals surface area contributed by atoms with Crippen LogP contribution in [0.15, 0.2) is 47.8 Å². The Bertz CT molecular complexity index is 394. The summed E-state index contributed by atoms with van der Waals surface area (Å²) in [5.74, 6) is 0. The lowest BCUT2D eigenvalue weighted by Crippen LogP contribution is -2.88. The summed E-state index contributed by atoms with van der Waals surface area (Å²) in [6.45, 7) is 3.37. The van der Waals surface area contributed by atoms with Crippen LogP contribution in [-0.2, 0) is 13.0 Å². The molecule has 16 heavy (non-hydrogen) atoms. The Morgan fingerprint density at radius 3 is 2.62 bits per heavy atom. The van der Waals surface area contributed by atoms with Crippen LogP contribution in [0.1, 0.15) is 17.4 Å². The third-order valence-corrected chi connectivity index (χ3v) is 3.60. The summed E-state index contributed by atoms with van der Waals surface area (Å²) >= 11 is 1.85. The van der Waals surface area contributed by atoms with Crippen LogP contribution in [-0.4, -0.2) is 6.04 Å². The van der Waals surface area contributed by atoms with E-state index in [1.54, 1.807) is 0 Å². The predicted molar refractivity (Wildman–Crippen MR) is 69.6 cm³/mol. The summed E-state index contributed by atoms with van der Waals surface area (Å²) in [5, 5.41) is 4.56. The minimum Gasteiger partial charge on any atom is -0.340 e. The second kappa shape index (κ2) is 5.83. The second-order valence-electron chi connectivity index (χ2n) is 4.19. The Hall–Kier alpha value is -1.12. The Kier molecular flexibility index (Phi) is 4.14. The highest BCUT2D eigenvalue weighted by Crippen LogP contribution is 2.09. The van der Waals surface area contributed by atoms with Crippen molar-refractivity contribution in [3.05, 3.63) is 58.3 Å². The summed E-state index contributed by atoms with van der Waals surface area (Å²) in [6, 6.07) is 15.7. The van der Waals surface area contributed by atoms with Crippen molar-refractivity contribution in [3.8, 4) is 0 Å². The van der Waals surface area contributed by atoms with Gasteiger partial charge in [0.2, 0.25) is 0 Å². The Labute approximate surface area is 101 Å². The predicted octanol–water partition coefficient (Wildman–Crippen LogP) is 2.44. The van der Waals surface area contributed by atoms with Gasteiger partial charge in [-0.05, 0) is 18.4 Å². The molecule has 0 aliphatic heterocycles. The molecule has 1 aromatic carbocycles. The van der Waals surface area contributed by atoms with Gasteiger partial charge in [-0.3, -0.25) is 0 Å². The minimum absolute atomic E-state index is 0.652. The molecule has 2 N–H and O–H groups in total. The van der Waals surface area contributed by atoms with E-state index in [0.717, 1.165) is 6.54 Å². The van der Waals surface area contributed by atoms with Gasteiger partial charge in [-0.2, -0.15) is 0 Å². The molecule has 2 aromatic rings. The molecule has 1 nitrogen and oxygen atoms in total. The molecule has 2 rings (SSSR count). The van der Waals surface area contributed by atoms with Gasteiger partial charge >= 0.3 is 0 Å². The van der Waals surface area contributed by atoms with Crippen molar-refractivity contribution in [2.24, 2.45) is 0 Å². The van der Waals surface area contributed by atoms with Crippen molar-refractivity contribution >= 4 is 11.3 Å². The maximum Gasteiger partial charge on any atom is 0.101 e. The molecule has 0 unspecified atom stereocenters. The quantitative estimate of drug-likeness (QED) is 0.815. The Morgan fingerprint density at radius 2 is 1.94 bits per heavy atom. The molecular weight excluding hydrogens is 214 g/mol. The largest absolute Gasteiger partial charge is 0.340 e. The Balaban J connectivity index is 1.78. The van der Waals surface area contributed by atoms with Gasteiger partial charge in [0.05, 0.1) is 6.04 Å². The molecule has 0 amide bonds. The van der Waals surface area contributed by atoms with Crippen molar-refractivity contribution < 1.29 is 5.32 Å². The molecule has 0 spiro atoms. The third kappa shape index (κ3) is 3.47. The van der Waals surface area contributed by atoms with E-state index in [9.17, 15) is 0 Å². The molecule has 1 heterocycles. The fourth-order valence-electron chi connectivity index (χ4n) is 1.78. The van der Waals surface area contributed by atoms with Gasteiger partial charge in [0.15, 0.2) is 0 Å². The van der Waals surface area contributed by atoms with Crippen molar-refractivity contribution in [3.63, 3.8) is 0 Å². The van der Waals surface area contributed by atoms with Crippen molar-refractivity contribution in [2.75, 3.05) is 0 Å². The van der Waals surface area contributed by atoms with Crippen molar-refractivity contribution in [2.45, 2.75) is 25.9 Å². The highest BCUT2D eigenvalue weighted by Gasteiger charge is 2.06. The lowest BCUT2D eigenvalue weighted by atomic mass is 10.2. The van der Waals surface area contributed by atoms with Gasteiger partial charge in [0.25, 0.3) is 0 Å². The second-order valence-corrected chi connectivity index (χ2v) is 5.22. The van der Waals surface area contributed by atoms with Crippen LogP contribution >= 0.6 is 11.3 Å². The number of thiophene rings is 1. The van der Waals surface area contributed by atoms with Gasteiger partial charge in [-0.25, -0.2) is 0 Å². The molecule has 1 aromatic heterocycles. The number of nitrogens with two attached hydrogens (primary N) is 1. The van der Waals surface area contributed by atoms with Crippen LogP contribution in [0.2, 0.25) is 0 Å². The van der Waals surface area contributed by atoms with Crippen LogP contribution < -0.4 is 5.32 Å². The molecule has 1 atom stereocenters. The van der Waals surface area contributed by atoms with Gasteiger partial charge < -0.3 is 5.32 Å². The lowest BCUT2D eigenvalue weighted by Gasteiger charge is -2.09. The van der Waals surface area contributed by atoms with E-state index in [1.165, 1.54) is 16.9 Å². The Morgan fingerprint density at radius 1 is 1.12 bits per heavy atom. The molecular formula is C14H18NS+. The van der Waals surface area contributed by atoms with E-state index in [0.29, 0.717) is 6.04 Å². The third-order valence-electron chi connectivity index (χ3n) is 2.70. The maximum atomic E-state index is 2.41. The zero-order valence-electron chi connectivity index (χ0n) is 9.60. The molecule has 0 aliphatic rings.